The lowest BCUT2D eigenvalue weighted by atomic mass is 9.97. The monoisotopic (exact) mass is 354 g/mol. The third kappa shape index (κ3) is 3.44. The Hall–Kier alpha value is -2.79. The number of aliphatic hydroxyl groups is 1. The summed E-state index contributed by atoms with van der Waals surface area (Å²) in [7, 11) is 1.53. The minimum Gasteiger partial charge on any atom is -0.496 e. The van der Waals surface area contributed by atoms with E-state index in [9.17, 15) is 15.0 Å². The van der Waals surface area contributed by atoms with Gasteiger partial charge in [-0.1, -0.05) is 30.3 Å². The minimum atomic E-state index is -1.22. The molecule has 0 bridgehead atoms. The lowest BCUT2D eigenvalue weighted by molar-refractivity contribution is 0.0553. The van der Waals surface area contributed by atoms with Crippen LogP contribution in [0.25, 0.3) is 11.0 Å². The molecule has 0 aliphatic carbocycles. The number of hydrogen-bond acceptors (Lipinski definition) is 4. The summed E-state index contributed by atoms with van der Waals surface area (Å²) in [6.07, 6.45) is 1.24. The van der Waals surface area contributed by atoms with E-state index in [4.69, 9.17) is 9.15 Å². The first-order chi connectivity index (χ1) is 12.3. The normalized spacial score (nSPS) is 11.7. The number of carbonyl (C=O) groups is 1. The van der Waals surface area contributed by atoms with Crippen LogP contribution in [0, 0.1) is 0 Å². The molecule has 3 rings (SSSR count). The number of aromatic carboxylic acids is 1. The zero-order valence-corrected chi connectivity index (χ0v) is 15.1. The highest BCUT2D eigenvalue weighted by atomic mass is 16.5. The van der Waals surface area contributed by atoms with Crippen molar-refractivity contribution in [3.63, 3.8) is 0 Å². The van der Waals surface area contributed by atoms with Crippen molar-refractivity contribution < 1.29 is 24.2 Å². The van der Waals surface area contributed by atoms with Gasteiger partial charge in [0.05, 0.1) is 12.5 Å². The molecule has 136 valence electrons. The molecule has 0 radical (unpaired) electrons. The lowest BCUT2D eigenvalue weighted by Crippen LogP contribution is -2.13. The number of aryl methyl sites for hydroxylation is 2. The summed E-state index contributed by atoms with van der Waals surface area (Å²) in [5.74, 6) is -0.224. The van der Waals surface area contributed by atoms with Gasteiger partial charge in [0.25, 0.3) is 0 Å². The van der Waals surface area contributed by atoms with Crippen molar-refractivity contribution in [1.82, 2.24) is 0 Å². The third-order valence-corrected chi connectivity index (χ3v) is 4.41. The second-order valence-corrected chi connectivity index (χ2v) is 6.82. The van der Waals surface area contributed by atoms with E-state index in [0.29, 0.717) is 35.3 Å². The van der Waals surface area contributed by atoms with Crippen molar-refractivity contribution in [3.8, 4) is 5.75 Å². The predicted molar refractivity (Wildman–Crippen MR) is 98.8 cm³/mol. The number of benzene rings is 2. The third-order valence-electron chi connectivity index (χ3n) is 4.41. The van der Waals surface area contributed by atoms with Gasteiger partial charge in [-0.05, 0) is 49.9 Å². The molecule has 0 saturated carbocycles. The Morgan fingerprint density at radius 3 is 2.42 bits per heavy atom. The molecule has 3 aromatic rings. The van der Waals surface area contributed by atoms with E-state index in [0.717, 1.165) is 5.56 Å². The van der Waals surface area contributed by atoms with Crippen molar-refractivity contribution in [2.45, 2.75) is 32.3 Å². The van der Waals surface area contributed by atoms with E-state index in [1.165, 1.54) is 7.11 Å². The van der Waals surface area contributed by atoms with E-state index in [2.05, 4.69) is 0 Å². The molecule has 2 aromatic carbocycles. The first kappa shape index (κ1) is 18.0. The van der Waals surface area contributed by atoms with Crippen molar-refractivity contribution >= 4 is 16.9 Å². The second-order valence-electron chi connectivity index (χ2n) is 6.82. The SMILES string of the molecule is COc1cc(CCc2ccccc2)c(C(=O)O)c2oc(C(C)(C)O)cc12. The number of ether oxygens (including phenoxy) is 1. The van der Waals surface area contributed by atoms with Crippen molar-refractivity contribution in [2.75, 3.05) is 7.11 Å². The maximum Gasteiger partial charge on any atom is 0.339 e. The lowest BCUT2D eigenvalue weighted by Gasteiger charge is -2.12. The van der Waals surface area contributed by atoms with Crippen molar-refractivity contribution in [2.24, 2.45) is 0 Å². The Bertz CT molecular complexity index is 932. The molecular formula is C21H22O5. The molecule has 0 saturated heterocycles. The molecule has 0 spiro atoms. The Morgan fingerprint density at radius 2 is 1.85 bits per heavy atom. The maximum atomic E-state index is 11.9. The fourth-order valence-electron chi connectivity index (χ4n) is 3.04. The first-order valence-corrected chi connectivity index (χ1v) is 8.44. The average Bonchev–Trinajstić information content (AvgIpc) is 3.04. The minimum absolute atomic E-state index is 0.118. The zero-order chi connectivity index (χ0) is 18.9. The molecule has 0 aliphatic rings. The molecule has 2 N–H and O–H groups in total. The molecule has 0 fully saturated rings. The van der Waals surface area contributed by atoms with Gasteiger partial charge in [-0.2, -0.15) is 0 Å². The fourth-order valence-corrected chi connectivity index (χ4v) is 3.04. The topological polar surface area (TPSA) is 79.9 Å². The van der Waals surface area contributed by atoms with Gasteiger partial charge in [0.1, 0.15) is 22.7 Å². The summed E-state index contributed by atoms with van der Waals surface area (Å²) in [5.41, 5.74) is 0.899. The summed E-state index contributed by atoms with van der Waals surface area (Å²) in [5, 5.41) is 20.5. The number of carboxylic acids is 1. The van der Waals surface area contributed by atoms with Gasteiger partial charge in [0.15, 0.2) is 5.58 Å². The zero-order valence-electron chi connectivity index (χ0n) is 15.1. The van der Waals surface area contributed by atoms with Gasteiger partial charge in [0.2, 0.25) is 0 Å². The molecule has 5 nitrogen and oxygen atoms in total. The highest BCUT2D eigenvalue weighted by molar-refractivity contribution is 6.04. The van der Waals surface area contributed by atoms with Crippen LogP contribution in [0.5, 0.6) is 5.75 Å². The number of fused-ring (bicyclic) bond motifs is 1. The number of furan rings is 1. The smallest absolute Gasteiger partial charge is 0.339 e. The first-order valence-electron chi connectivity index (χ1n) is 8.44. The second kappa shape index (κ2) is 6.84. The molecule has 5 heteroatoms. The summed E-state index contributed by atoms with van der Waals surface area (Å²) < 4.78 is 11.2. The maximum absolute atomic E-state index is 11.9. The van der Waals surface area contributed by atoms with Crippen LogP contribution in [-0.4, -0.2) is 23.3 Å². The van der Waals surface area contributed by atoms with Crippen LogP contribution in [0.1, 0.15) is 41.1 Å². The number of carboxylic acid groups (broad SMARTS) is 1. The van der Waals surface area contributed by atoms with Crippen LogP contribution >= 0.6 is 0 Å². The Labute approximate surface area is 151 Å². The van der Waals surface area contributed by atoms with Gasteiger partial charge < -0.3 is 19.4 Å². The van der Waals surface area contributed by atoms with E-state index in [-0.39, 0.29) is 11.1 Å². The highest BCUT2D eigenvalue weighted by Crippen LogP contribution is 2.37. The van der Waals surface area contributed by atoms with Crippen LogP contribution in [0.15, 0.2) is 46.9 Å². The van der Waals surface area contributed by atoms with Crippen LogP contribution in [0.3, 0.4) is 0 Å². The average molecular weight is 354 g/mol. The van der Waals surface area contributed by atoms with Crippen LogP contribution in [-0.2, 0) is 18.4 Å². The summed E-state index contributed by atoms with van der Waals surface area (Å²) >= 11 is 0. The fraction of sp³-hybridized carbons (Fsp3) is 0.286. The summed E-state index contributed by atoms with van der Waals surface area (Å²) in [6.45, 7) is 3.18. The summed E-state index contributed by atoms with van der Waals surface area (Å²) in [6, 6.07) is 13.3. The van der Waals surface area contributed by atoms with Gasteiger partial charge in [-0.25, -0.2) is 4.79 Å². The molecular weight excluding hydrogens is 332 g/mol. The molecule has 0 aliphatic heterocycles. The highest BCUT2D eigenvalue weighted by Gasteiger charge is 2.27. The largest absolute Gasteiger partial charge is 0.496 e. The van der Waals surface area contributed by atoms with Gasteiger partial charge in [-0.15, -0.1) is 0 Å². The molecule has 26 heavy (non-hydrogen) atoms. The molecule has 0 unspecified atom stereocenters. The number of rotatable bonds is 6. The number of hydrogen-bond donors (Lipinski definition) is 2. The van der Waals surface area contributed by atoms with Crippen molar-refractivity contribution in [1.29, 1.82) is 0 Å². The van der Waals surface area contributed by atoms with Crippen LogP contribution in [0.4, 0.5) is 0 Å². The standard InChI is InChI=1S/C21H22O5/c1-21(2,24)17-12-15-16(25-3)11-14(18(20(22)23)19(15)26-17)10-9-13-7-5-4-6-8-13/h4-8,11-12,24H,9-10H2,1-3H3,(H,22,23). The Morgan fingerprint density at radius 1 is 1.15 bits per heavy atom. The molecule has 1 heterocycles. The molecule has 0 amide bonds. The Balaban J connectivity index is 2.12. The quantitative estimate of drug-likeness (QED) is 0.695. The molecule has 1 aromatic heterocycles. The summed E-state index contributed by atoms with van der Waals surface area (Å²) in [4.78, 5) is 11.9. The van der Waals surface area contributed by atoms with Gasteiger partial charge >= 0.3 is 5.97 Å². The van der Waals surface area contributed by atoms with E-state index < -0.39 is 11.6 Å². The van der Waals surface area contributed by atoms with Crippen LogP contribution in [0.2, 0.25) is 0 Å². The van der Waals surface area contributed by atoms with E-state index >= 15 is 0 Å². The van der Waals surface area contributed by atoms with Gasteiger partial charge in [0, 0.05) is 0 Å². The van der Waals surface area contributed by atoms with Crippen LogP contribution < -0.4 is 4.74 Å². The Kier molecular flexibility index (Phi) is 4.74. The van der Waals surface area contributed by atoms with Gasteiger partial charge in [-0.3, -0.25) is 0 Å². The number of methoxy groups -OCH3 is 1. The van der Waals surface area contributed by atoms with E-state index in [1.54, 1.807) is 26.0 Å². The van der Waals surface area contributed by atoms with E-state index in [1.807, 2.05) is 30.3 Å². The predicted octanol–water partition coefficient (Wildman–Crippen LogP) is 4.15. The van der Waals surface area contributed by atoms with Crippen molar-refractivity contribution in [3.05, 3.63) is 64.9 Å². The molecule has 0 atom stereocenters.